The van der Waals surface area contributed by atoms with Crippen LogP contribution in [0.15, 0.2) is 78.9 Å². The number of halogens is 1. The van der Waals surface area contributed by atoms with Gasteiger partial charge in [-0.25, -0.2) is 4.79 Å². The van der Waals surface area contributed by atoms with Crippen molar-refractivity contribution in [2.75, 3.05) is 5.32 Å². The van der Waals surface area contributed by atoms with E-state index in [1.165, 1.54) is 13.8 Å². The predicted molar refractivity (Wildman–Crippen MR) is 194 cm³/mol. The maximum absolute atomic E-state index is 13.5. The van der Waals surface area contributed by atoms with E-state index < -0.39 is 40.8 Å². The first-order chi connectivity index (χ1) is 24.3. The first-order valence-corrected chi connectivity index (χ1v) is 17.4. The molecule has 51 heavy (non-hydrogen) atoms. The molecule has 1 fully saturated rings. The monoisotopic (exact) mass is 716 g/mol. The summed E-state index contributed by atoms with van der Waals surface area (Å²) in [4.78, 5) is 75.7. The van der Waals surface area contributed by atoms with E-state index in [2.05, 4.69) is 21.3 Å². The van der Waals surface area contributed by atoms with Gasteiger partial charge in [-0.15, -0.1) is 0 Å². The summed E-state index contributed by atoms with van der Waals surface area (Å²) >= 11 is 6.37. The van der Waals surface area contributed by atoms with Crippen molar-refractivity contribution in [1.82, 2.24) is 16.0 Å². The predicted octanol–water partition coefficient (Wildman–Crippen LogP) is 4.79. The summed E-state index contributed by atoms with van der Waals surface area (Å²) in [7, 11) is 0. The third-order valence-electron chi connectivity index (χ3n) is 9.15. The average molecular weight is 717 g/mol. The Kier molecular flexibility index (Phi) is 13.5. The van der Waals surface area contributed by atoms with E-state index in [-0.39, 0.29) is 43.9 Å². The molecule has 12 heteroatoms. The lowest BCUT2D eigenvalue weighted by Gasteiger charge is -2.30. The molecular formula is C39H45ClN4O7. The molecule has 0 heterocycles. The third kappa shape index (κ3) is 11.8. The summed E-state index contributed by atoms with van der Waals surface area (Å²) in [5.74, 6) is -2.68. The molecule has 0 saturated heterocycles. The molecular weight excluding hydrogens is 672 g/mol. The molecule has 3 aromatic rings. The Balaban J connectivity index is 1.35. The normalized spacial score (nSPS) is 14.8. The van der Waals surface area contributed by atoms with Gasteiger partial charge in [-0.2, -0.15) is 0 Å². The number of rotatable bonds is 17. The number of carbonyl (C=O) groups is 6. The van der Waals surface area contributed by atoms with Crippen LogP contribution in [-0.4, -0.2) is 58.6 Å². The van der Waals surface area contributed by atoms with Crippen molar-refractivity contribution in [3.05, 3.63) is 101 Å². The number of amides is 4. The summed E-state index contributed by atoms with van der Waals surface area (Å²) in [6.45, 7) is 2.81. The molecule has 0 spiro atoms. The zero-order valence-electron chi connectivity index (χ0n) is 28.9. The van der Waals surface area contributed by atoms with E-state index in [1.54, 1.807) is 42.5 Å². The maximum atomic E-state index is 13.5. The van der Waals surface area contributed by atoms with Gasteiger partial charge >= 0.3 is 5.97 Å². The molecule has 11 nitrogen and oxygen atoms in total. The minimum absolute atomic E-state index is 0.0199. The fraction of sp³-hybridized carbons (Fsp3) is 0.385. The van der Waals surface area contributed by atoms with Crippen LogP contribution in [0.2, 0.25) is 5.02 Å². The number of hydrogen-bond acceptors (Lipinski definition) is 6. The fourth-order valence-electron chi connectivity index (χ4n) is 6.39. The second-order valence-electron chi connectivity index (χ2n) is 13.8. The number of carbonyl (C=O) groups excluding carboxylic acids is 5. The number of hydrogen-bond donors (Lipinski definition) is 5. The number of aldehydes is 1. The van der Waals surface area contributed by atoms with E-state index in [4.69, 9.17) is 11.6 Å². The van der Waals surface area contributed by atoms with Gasteiger partial charge < -0.3 is 31.2 Å². The Morgan fingerprint density at radius 2 is 1.43 bits per heavy atom. The SMILES string of the molecule is CC(C)(NC(=O)CC1(CC(=O)NC(C=O)Cc2ccc(NC(=O)C(Cc3ccccc3Cl)NC(=O)Cc3ccccc3)cc2)CCCC1)C(=O)O. The number of nitrogens with one attached hydrogen (secondary N) is 4. The highest BCUT2D eigenvalue weighted by Crippen LogP contribution is 2.44. The largest absolute Gasteiger partial charge is 0.480 e. The van der Waals surface area contributed by atoms with Crippen LogP contribution in [0.1, 0.15) is 69.1 Å². The molecule has 2 atom stereocenters. The van der Waals surface area contributed by atoms with E-state index >= 15 is 0 Å². The van der Waals surface area contributed by atoms with Crippen LogP contribution in [-0.2, 0) is 48.0 Å². The van der Waals surface area contributed by atoms with Crippen LogP contribution < -0.4 is 21.3 Å². The lowest BCUT2D eigenvalue weighted by Crippen LogP contribution is -2.51. The topological polar surface area (TPSA) is 171 Å². The van der Waals surface area contributed by atoms with Gasteiger partial charge in [0.2, 0.25) is 23.6 Å². The molecule has 0 aliphatic heterocycles. The Morgan fingerprint density at radius 3 is 2.06 bits per heavy atom. The van der Waals surface area contributed by atoms with E-state index in [1.807, 2.05) is 36.4 Å². The molecule has 0 aromatic heterocycles. The summed E-state index contributed by atoms with van der Waals surface area (Å²) in [5.41, 5.74) is 0.692. The van der Waals surface area contributed by atoms with Crippen molar-refractivity contribution >= 4 is 53.2 Å². The van der Waals surface area contributed by atoms with Gasteiger partial charge in [0, 0.05) is 30.0 Å². The van der Waals surface area contributed by atoms with Crippen molar-refractivity contribution in [3.63, 3.8) is 0 Å². The van der Waals surface area contributed by atoms with Crippen LogP contribution in [0.4, 0.5) is 5.69 Å². The van der Waals surface area contributed by atoms with E-state index in [0.717, 1.165) is 24.0 Å². The Hall–Kier alpha value is -5.03. The third-order valence-corrected chi connectivity index (χ3v) is 9.52. The number of benzene rings is 3. The molecule has 3 aromatic carbocycles. The van der Waals surface area contributed by atoms with Crippen molar-refractivity contribution < 1.29 is 33.9 Å². The number of carboxylic acid groups (broad SMARTS) is 1. The van der Waals surface area contributed by atoms with Crippen molar-refractivity contribution in [2.45, 2.75) is 89.3 Å². The zero-order chi connectivity index (χ0) is 37.0. The van der Waals surface area contributed by atoms with Gasteiger partial charge in [0.15, 0.2) is 0 Å². The highest BCUT2D eigenvalue weighted by Gasteiger charge is 2.40. The lowest BCUT2D eigenvalue weighted by atomic mass is 9.78. The van der Waals surface area contributed by atoms with Gasteiger partial charge in [0.1, 0.15) is 17.9 Å². The quantitative estimate of drug-likeness (QED) is 0.125. The Morgan fingerprint density at radius 1 is 0.804 bits per heavy atom. The zero-order valence-corrected chi connectivity index (χ0v) is 29.6. The number of anilines is 1. The van der Waals surface area contributed by atoms with Crippen LogP contribution in [0.5, 0.6) is 0 Å². The molecule has 0 radical (unpaired) electrons. The van der Waals surface area contributed by atoms with Crippen LogP contribution in [0.3, 0.4) is 0 Å². The van der Waals surface area contributed by atoms with Crippen LogP contribution in [0, 0.1) is 5.41 Å². The minimum Gasteiger partial charge on any atom is -0.480 e. The first-order valence-electron chi connectivity index (χ1n) is 17.0. The molecule has 4 amide bonds. The molecule has 0 bridgehead atoms. The first kappa shape index (κ1) is 38.8. The molecule has 1 aliphatic carbocycles. The minimum atomic E-state index is -1.43. The van der Waals surface area contributed by atoms with E-state index in [9.17, 15) is 33.9 Å². The molecule has 1 aliphatic rings. The van der Waals surface area contributed by atoms with Gasteiger partial charge in [0.05, 0.1) is 12.5 Å². The molecule has 1 saturated carbocycles. The van der Waals surface area contributed by atoms with Crippen LogP contribution in [0.25, 0.3) is 0 Å². The highest BCUT2D eigenvalue weighted by atomic mass is 35.5. The summed E-state index contributed by atoms with van der Waals surface area (Å²) < 4.78 is 0. The molecule has 270 valence electrons. The summed E-state index contributed by atoms with van der Waals surface area (Å²) in [5, 5.41) is 20.9. The number of carboxylic acids is 1. The standard InChI is InChI=1S/C39H45ClN4O7/c1-38(2,37(50)51)44-35(48)24-39(18-8-9-19-39)23-34(47)41-30(25-45)20-27-14-16-29(17-15-27)42-36(49)32(22-28-12-6-7-13-31(28)40)43-33(46)21-26-10-4-3-5-11-26/h3-7,10-17,25,30,32H,8-9,18-24H2,1-2H3,(H,41,47)(H,42,49)(H,43,46)(H,44,48)(H,50,51). The average Bonchev–Trinajstić information content (AvgIpc) is 3.53. The van der Waals surface area contributed by atoms with Gasteiger partial charge in [-0.1, -0.05) is 85.1 Å². The molecule has 4 rings (SSSR count). The van der Waals surface area contributed by atoms with Crippen molar-refractivity contribution in [3.8, 4) is 0 Å². The Labute approximate surface area is 302 Å². The summed E-state index contributed by atoms with van der Waals surface area (Å²) in [6.07, 6.45) is 4.21. The highest BCUT2D eigenvalue weighted by molar-refractivity contribution is 6.31. The second kappa shape index (κ2) is 17.8. The van der Waals surface area contributed by atoms with Gasteiger partial charge in [-0.3, -0.25) is 19.2 Å². The van der Waals surface area contributed by atoms with Gasteiger partial charge in [-0.05, 0) is 73.4 Å². The smallest absolute Gasteiger partial charge is 0.328 e. The fourth-order valence-corrected chi connectivity index (χ4v) is 6.60. The number of aliphatic carboxylic acids is 1. The Bertz CT molecular complexity index is 1710. The second-order valence-corrected chi connectivity index (χ2v) is 14.2. The summed E-state index contributed by atoms with van der Waals surface area (Å²) in [6, 6.07) is 21.5. The van der Waals surface area contributed by atoms with Crippen LogP contribution >= 0.6 is 11.6 Å². The van der Waals surface area contributed by atoms with Crippen molar-refractivity contribution in [1.29, 1.82) is 0 Å². The maximum Gasteiger partial charge on any atom is 0.328 e. The molecule has 2 unspecified atom stereocenters. The lowest BCUT2D eigenvalue weighted by molar-refractivity contribution is -0.146. The molecule has 5 N–H and O–H groups in total. The van der Waals surface area contributed by atoms with Gasteiger partial charge in [0.25, 0.3) is 0 Å². The van der Waals surface area contributed by atoms with E-state index in [0.29, 0.717) is 35.4 Å². The van der Waals surface area contributed by atoms with Crippen molar-refractivity contribution in [2.24, 2.45) is 5.41 Å².